The zero-order valence-electron chi connectivity index (χ0n) is 11.5. The van der Waals surface area contributed by atoms with Gasteiger partial charge < -0.3 is 4.90 Å². The summed E-state index contributed by atoms with van der Waals surface area (Å²) in [5.74, 6) is 0.376. The summed E-state index contributed by atoms with van der Waals surface area (Å²) in [6.07, 6.45) is 3.04. The molecule has 1 aromatic heterocycles. The summed E-state index contributed by atoms with van der Waals surface area (Å²) in [5.41, 5.74) is 0. The maximum atomic E-state index is 11.3. The van der Waals surface area contributed by atoms with Crippen LogP contribution in [0.1, 0.15) is 37.6 Å². The van der Waals surface area contributed by atoms with Gasteiger partial charge >= 0.3 is 0 Å². The van der Waals surface area contributed by atoms with E-state index in [0.29, 0.717) is 12.5 Å². The van der Waals surface area contributed by atoms with E-state index in [2.05, 4.69) is 33.7 Å². The highest BCUT2D eigenvalue weighted by atomic mass is 32.2. The van der Waals surface area contributed by atoms with Crippen LogP contribution in [0.3, 0.4) is 0 Å². The monoisotopic (exact) mass is 304 g/mol. The Morgan fingerprint density at radius 1 is 1.42 bits per heavy atom. The van der Waals surface area contributed by atoms with Gasteiger partial charge in [-0.2, -0.15) is 0 Å². The summed E-state index contributed by atoms with van der Waals surface area (Å²) in [7, 11) is -3.15. The van der Waals surface area contributed by atoms with E-state index in [1.807, 2.05) is 0 Å². The number of hydrogen-bond acceptors (Lipinski definition) is 6. The minimum absolute atomic E-state index is 0.0323. The predicted molar refractivity (Wildman–Crippen MR) is 77.2 cm³/mol. The summed E-state index contributed by atoms with van der Waals surface area (Å²) < 4.78 is 25.2. The van der Waals surface area contributed by atoms with Crippen molar-refractivity contribution in [2.24, 2.45) is 0 Å². The standard InChI is InChI=1S/C11H20N4O2S2/c1-8(2)10-12-13-11(18-10)15-6-4-5-9(7-15)14-19(3,16)17/h8-9,14H,4-7H2,1-3H3. The van der Waals surface area contributed by atoms with Crippen LogP contribution in [0.25, 0.3) is 0 Å². The van der Waals surface area contributed by atoms with Crippen LogP contribution >= 0.6 is 11.3 Å². The lowest BCUT2D eigenvalue weighted by Gasteiger charge is -2.32. The van der Waals surface area contributed by atoms with E-state index in [9.17, 15) is 8.42 Å². The lowest BCUT2D eigenvalue weighted by atomic mass is 10.1. The van der Waals surface area contributed by atoms with Crippen molar-refractivity contribution in [3.05, 3.63) is 5.01 Å². The van der Waals surface area contributed by atoms with Gasteiger partial charge in [0.15, 0.2) is 0 Å². The molecule has 2 rings (SSSR count). The third kappa shape index (κ3) is 4.12. The van der Waals surface area contributed by atoms with Crippen LogP contribution in [0.15, 0.2) is 0 Å². The number of anilines is 1. The molecule has 8 heteroatoms. The number of nitrogens with one attached hydrogen (secondary N) is 1. The van der Waals surface area contributed by atoms with Crippen molar-refractivity contribution in [2.75, 3.05) is 24.2 Å². The van der Waals surface area contributed by atoms with Crippen molar-refractivity contribution in [2.45, 2.75) is 38.6 Å². The van der Waals surface area contributed by atoms with Gasteiger partial charge in [0.05, 0.1) is 6.26 Å². The first-order valence-corrected chi connectivity index (χ1v) is 9.11. The van der Waals surface area contributed by atoms with E-state index in [-0.39, 0.29) is 6.04 Å². The van der Waals surface area contributed by atoms with Gasteiger partial charge in [-0.25, -0.2) is 13.1 Å². The Bertz CT molecular complexity index is 527. The van der Waals surface area contributed by atoms with Crippen molar-refractivity contribution < 1.29 is 8.42 Å². The summed E-state index contributed by atoms with van der Waals surface area (Å²) in [4.78, 5) is 2.12. The molecule has 0 spiro atoms. The van der Waals surface area contributed by atoms with Crippen LogP contribution in [-0.2, 0) is 10.0 Å². The van der Waals surface area contributed by atoms with Gasteiger partial charge in [-0.15, -0.1) is 10.2 Å². The molecule has 0 aliphatic carbocycles. The SMILES string of the molecule is CC(C)c1nnc(N2CCCC(NS(C)(=O)=O)C2)s1. The second kappa shape index (κ2) is 5.72. The lowest BCUT2D eigenvalue weighted by molar-refractivity contribution is 0.466. The van der Waals surface area contributed by atoms with Gasteiger partial charge in [0.25, 0.3) is 0 Å². The molecule has 1 aliphatic rings. The van der Waals surface area contributed by atoms with Gasteiger partial charge in [-0.3, -0.25) is 0 Å². The van der Waals surface area contributed by atoms with Crippen LogP contribution in [0.4, 0.5) is 5.13 Å². The number of nitrogens with zero attached hydrogens (tertiary/aromatic N) is 3. The highest BCUT2D eigenvalue weighted by Gasteiger charge is 2.24. The fraction of sp³-hybridized carbons (Fsp3) is 0.818. The number of rotatable bonds is 4. The third-order valence-electron chi connectivity index (χ3n) is 3.00. The molecule has 1 fully saturated rings. The molecule has 1 N–H and O–H groups in total. The smallest absolute Gasteiger partial charge is 0.209 e. The van der Waals surface area contributed by atoms with E-state index >= 15 is 0 Å². The predicted octanol–water partition coefficient (Wildman–Crippen LogP) is 1.18. The van der Waals surface area contributed by atoms with Gasteiger partial charge in [0, 0.05) is 25.0 Å². The van der Waals surface area contributed by atoms with Crippen molar-refractivity contribution in [1.29, 1.82) is 0 Å². The molecule has 6 nitrogen and oxygen atoms in total. The Kier molecular flexibility index (Phi) is 4.42. The zero-order valence-corrected chi connectivity index (χ0v) is 13.1. The molecule has 0 saturated carbocycles. The Balaban J connectivity index is 2.04. The van der Waals surface area contributed by atoms with Crippen molar-refractivity contribution in [3.63, 3.8) is 0 Å². The molecule has 1 saturated heterocycles. The summed E-state index contributed by atoms with van der Waals surface area (Å²) in [6, 6.07) is -0.0323. The van der Waals surface area contributed by atoms with Crippen LogP contribution in [0.2, 0.25) is 0 Å². The Hall–Kier alpha value is -0.730. The molecule has 1 aliphatic heterocycles. The lowest BCUT2D eigenvalue weighted by Crippen LogP contribution is -2.47. The first-order valence-electron chi connectivity index (χ1n) is 6.41. The summed E-state index contributed by atoms with van der Waals surface area (Å²) in [5, 5.41) is 10.3. The van der Waals surface area contributed by atoms with Crippen LogP contribution in [0, 0.1) is 0 Å². The normalized spacial score (nSPS) is 21.1. The van der Waals surface area contributed by atoms with E-state index < -0.39 is 10.0 Å². The van der Waals surface area contributed by atoms with E-state index in [4.69, 9.17) is 0 Å². The molecular weight excluding hydrogens is 284 g/mol. The molecule has 0 radical (unpaired) electrons. The zero-order chi connectivity index (χ0) is 14.0. The maximum absolute atomic E-state index is 11.3. The topological polar surface area (TPSA) is 75.2 Å². The summed E-state index contributed by atoms with van der Waals surface area (Å²) >= 11 is 1.59. The molecule has 108 valence electrons. The number of sulfonamides is 1. The third-order valence-corrected chi connectivity index (χ3v) is 5.04. The van der Waals surface area contributed by atoms with Crippen LogP contribution in [-0.4, -0.2) is 44.0 Å². The molecule has 1 unspecified atom stereocenters. The van der Waals surface area contributed by atoms with E-state index in [1.165, 1.54) is 6.26 Å². The molecule has 0 aromatic carbocycles. The average Bonchev–Trinajstić information content (AvgIpc) is 2.76. The molecule has 1 atom stereocenters. The van der Waals surface area contributed by atoms with E-state index in [1.54, 1.807) is 11.3 Å². The highest BCUT2D eigenvalue weighted by Crippen LogP contribution is 2.27. The fourth-order valence-corrected chi connectivity index (χ4v) is 3.82. The summed E-state index contributed by atoms with van der Waals surface area (Å²) in [6.45, 7) is 5.76. The molecule has 19 heavy (non-hydrogen) atoms. The van der Waals surface area contributed by atoms with Gasteiger partial charge in [0.1, 0.15) is 5.01 Å². The van der Waals surface area contributed by atoms with Crippen molar-refractivity contribution in [3.8, 4) is 0 Å². The van der Waals surface area contributed by atoms with Crippen LogP contribution in [0.5, 0.6) is 0 Å². The fourth-order valence-electron chi connectivity index (χ4n) is 2.14. The highest BCUT2D eigenvalue weighted by molar-refractivity contribution is 7.88. The van der Waals surface area contributed by atoms with Crippen molar-refractivity contribution >= 4 is 26.5 Å². The van der Waals surface area contributed by atoms with Crippen molar-refractivity contribution in [1.82, 2.24) is 14.9 Å². The largest absolute Gasteiger partial charge is 0.345 e. The average molecular weight is 304 g/mol. The molecule has 0 bridgehead atoms. The van der Waals surface area contributed by atoms with E-state index in [0.717, 1.165) is 29.5 Å². The number of aromatic nitrogens is 2. The maximum Gasteiger partial charge on any atom is 0.209 e. The van der Waals surface area contributed by atoms with Crippen LogP contribution < -0.4 is 9.62 Å². The minimum Gasteiger partial charge on any atom is -0.345 e. The van der Waals surface area contributed by atoms with Gasteiger partial charge in [0.2, 0.25) is 15.2 Å². The van der Waals surface area contributed by atoms with Gasteiger partial charge in [-0.05, 0) is 12.8 Å². The minimum atomic E-state index is -3.15. The Morgan fingerprint density at radius 3 is 2.74 bits per heavy atom. The molecule has 1 aromatic rings. The number of piperidine rings is 1. The second-order valence-electron chi connectivity index (χ2n) is 5.25. The Morgan fingerprint density at radius 2 is 2.16 bits per heavy atom. The van der Waals surface area contributed by atoms with Gasteiger partial charge in [-0.1, -0.05) is 25.2 Å². The molecule has 2 heterocycles. The quantitative estimate of drug-likeness (QED) is 0.904. The molecular formula is C11H20N4O2S2. The Labute approximate surface area is 118 Å². The first-order chi connectivity index (χ1) is 8.85. The second-order valence-corrected chi connectivity index (χ2v) is 8.02. The molecule has 0 amide bonds. The number of hydrogen-bond donors (Lipinski definition) is 1. The first kappa shape index (κ1) is 14.7.